The number of ketones is 1. The molecule has 1 saturated heterocycles. The molecule has 3 aromatic rings. The fourth-order valence-corrected chi connectivity index (χ4v) is 5.15. The van der Waals surface area contributed by atoms with Gasteiger partial charge in [-0.1, -0.05) is 12.1 Å². The number of hydrogen-bond acceptors (Lipinski definition) is 6. The lowest BCUT2D eigenvalue weighted by Gasteiger charge is -2.34. The van der Waals surface area contributed by atoms with Crippen molar-refractivity contribution in [1.29, 1.82) is 0 Å². The molecule has 1 aliphatic heterocycles. The predicted octanol–water partition coefficient (Wildman–Crippen LogP) is 4.06. The van der Waals surface area contributed by atoms with Crippen molar-refractivity contribution in [2.75, 3.05) is 38.1 Å². The van der Waals surface area contributed by atoms with Crippen molar-refractivity contribution in [2.24, 2.45) is 0 Å². The van der Waals surface area contributed by atoms with Gasteiger partial charge in [0.2, 0.25) is 0 Å². The first-order valence-electron chi connectivity index (χ1n) is 10.1. The standard InChI is InChI=1S/C24H23N3O2S/c1-15-24(30-14-25-15)22-19-8-7-18(28)13-20(19)23(29)21(22)16-3-5-17(6-4-16)27-11-9-26(2)10-12-27/h3-8,13-14,28H,9-12H2,1-2H3. The number of benzene rings is 2. The van der Waals surface area contributed by atoms with Crippen LogP contribution in [0.25, 0.3) is 11.1 Å². The molecule has 30 heavy (non-hydrogen) atoms. The van der Waals surface area contributed by atoms with E-state index in [-0.39, 0.29) is 11.5 Å². The van der Waals surface area contributed by atoms with Crippen molar-refractivity contribution in [3.8, 4) is 5.75 Å². The van der Waals surface area contributed by atoms with Gasteiger partial charge in [0.15, 0.2) is 5.78 Å². The lowest BCUT2D eigenvalue weighted by molar-refractivity contribution is 0.105. The van der Waals surface area contributed by atoms with Crippen LogP contribution in [0.15, 0.2) is 48.0 Å². The minimum Gasteiger partial charge on any atom is -0.508 e. The van der Waals surface area contributed by atoms with Crippen LogP contribution in [0.1, 0.15) is 32.1 Å². The van der Waals surface area contributed by atoms with E-state index < -0.39 is 0 Å². The van der Waals surface area contributed by atoms with Crippen LogP contribution in [-0.2, 0) is 0 Å². The summed E-state index contributed by atoms with van der Waals surface area (Å²) in [6, 6.07) is 13.4. The molecule has 1 fully saturated rings. The summed E-state index contributed by atoms with van der Waals surface area (Å²) >= 11 is 1.54. The van der Waals surface area contributed by atoms with Crippen molar-refractivity contribution in [3.05, 3.63) is 75.2 Å². The van der Waals surface area contributed by atoms with E-state index in [4.69, 9.17) is 0 Å². The van der Waals surface area contributed by atoms with Crippen molar-refractivity contribution in [3.63, 3.8) is 0 Å². The molecule has 5 rings (SSSR count). The fourth-order valence-electron chi connectivity index (χ4n) is 4.28. The topological polar surface area (TPSA) is 56.7 Å². The number of aromatic hydroxyl groups is 1. The average molecular weight is 418 g/mol. The number of allylic oxidation sites excluding steroid dienone is 1. The number of phenols is 1. The van der Waals surface area contributed by atoms with E-state index in [1.807, 2.05) is 30.6 Å². The number of likely N-dealkylation sites (N-methyl/N-ethyl adjacent to an activating group) is 1. The molecule has 2 aliphatic rings. The highest BCUT2D eigenvalue weighted by Crippen LogP contribution is 2.45. The Labute approximate surface area is 179 Å². The molecule has 1 aliphatic carbocycles. The monoisotopic (exact) mass is 417 g/mol. The lowest BCUT2D eigenvalue weighted by Crippen LogP contribution is -2.44. The molecule has 0 amide bonds. The molecule has 2 aromatic carbocycles. The molecule has 6 heteroatoms. The Morgan fingerprint density at radius 2 is 1.70 bits per heavy atom. The van der Waals surface area contributed by atoms with Gasteiger partial charge < -0.3 is 14.9 Å². The van der Waals surface area contributed by atoms with E-state index in [1.165, 1.54) is 5.69 Å². The van der Waals surface area contributed by atoms with Gasteiger partial charge in [-0.15, -0.1) is 11.3 Å². The number of carbonyl (C=O) groups excluding carboxylic acids is 1. The van der Waals surface area contributed by atoms with Crippen LogP contribution in [0, 0.1) is 6.92 Å². The Kier molecular flexibility index (Phi) is 4.68. The summed E-state index contributed by atoms with van der Waals surface area (Å²) in [6.45, 7) is 6.09. The number of nitrogens with zero attached hydrogens (tertiary/aromatic N) is 3. The second-order valence-electron chi connectivity index (χ2n) is 7.91. The van der Waals surface area contributed by atoms with Crippen LogP contribution in [0.5, 0.6) is 5.75 Å². The van der Waals surface area contributed by atoms with Gasteiger partial charge in [0.05, 0.1) is 16.1 Å². The first-order valence-corrected chi connectivity index (χ1v) is 11.0. The third-order valence-electron chi connectivity index (χ3n) is 5.99. The molecule has 0 unspecified atom stereocenters. The first-order chi connectivity index (χ1) is 14.5. The molecule has 5 nitrogen and oxygen atoms in total. The van der Waals surface area contributed by atoms with Crippen LogP contribution >= 0.6 is 11.3 Å². The molecular weight excluding hydrogens is 394 g/mol. The van der Waals surface area contributed by atoms with Gasteiger partial charge in [-0.3, -0.25) is 4.79 Å². The summed E-state index contributed by atoms with van der Waals surface area (Å²) in [5.41, 5.74) is 7.83. The second-order valence-corrected chi connectivity index (χ2v) is 8.77. The Balaban J connectivity index is 1.59. The zero-order valence-electron chi connectivity index (χ0n) is 17.1. The highest BCUT2D eigenvalue weighted by atomic mass is 32.1. The molecule has 0 radical (unpaired) electrons. The summed E-state index contributed by atoms with van der Waals surface area (Å²) in [6.07, 6.45) is 0. The Morgan fingerprint density at radius 1 is 0.967 bits per heavy atom. The highest BCUT2D eigenvalue weighted by molar-refractivity contribution is 7.11. The molecule has 152 valence electrons. The molecule has 2 heterocycles. The van der Waals surface area contributed by atoms with E-state index in [2.05, 4.69) is 34.0 Å². The molecule has 1 N–H and O–H groups in total. The van der Waals surface area contributed by atoms with Gasteiger partial charge in [-0.25, -0.2) is 4.98 Å². The zero-order valence-corrected chi connectivity index (χ0v) is 17.9. The number of Topliss-reactive ketones (excluding diaryl/α,β-unsaturated/α-hetero) is 1. The summed E-state index contributed by atoms with van der Waals surface area (Å²) in [5, 5.41) is 9.95. The van der Waals surface area contributed by atoms with Gasteiger partial charge in [0.25, 0.3) is 0 Å². The van der Waals surface area contributed by atoms with E-state index in [1.54, 1.807) is 23.5 Å². The summed E-state index contributed by atoms with van der Waals surface area (Å²) < 4.78 is 0. The zero-order chi connectivity index (χ0) is 20.8. The average Bonchev–Trinajstić information content (AvgIpc) is 3.29. The Morgan fingerprint density at radius 3 is 2.37 bits per heavy atom. The maximum Gasteiger partial charge on any atom is 0.195 e. The molecular formula is C24H23N3O2S. The Hall–Kier alpha value is -2.96. The molecule has 1 aromatic heterocycles. The van der Waals surface area contributed by atoms with Crippen molar-refractivity contribution in [1.82, 2.24) is 9.88 Å². The molecule has 0 atom stereocenters. The third-order valence-corrected chi connectivity index (χ3v) is 6.94. The smallest absolute Gasteiger partial charge is 0.195 e. The van der Waals surface area contributed by atoms with Crippen LogP contribution < -0.4 is 4.90 Å². The van der Waals surface area contributed by atoms with Gasteiger partial charge in [0, 0.05) is 48.6 Å². The van der Waals surface area contributed by atoms with Crippen LogP contribution in [-0.4, -0.2) is 54.0 Å². The number of fused-ring (bicyclic) bond motifs is 1. The SMILES string of the molecule is Cc1ncsc1C1=C(c2ccc(N3CCN(C)CC3)cc2)C(=O)c2cc(O)ccc21. The third kappa shape index (κ3) is 3.13. The number of piperazine rings is 1. The van der Waals surface area contributed by atoms with Crippen molar-refractivity contribution < 1.29 is 9.90 Å². The summed E-state index contributed by atoms with van der Waals surface area (Å²) in [5.74, 6) is 0.0604. The molecule has 0 bridgehead atoms. The number of carbonyl (C=O) groups is 1. The lowest BCUT2D eigenvalue weighted by atomic mass is 9.97. The minimum absolute atomic E-state index is 0.0453. The quantitative estimate of drug-likeness (QED) is 0.696. The second kappa shape index (κ2) is 7.38. The number of aryl methyl sites for hydroxylation is 1. The van der Waals surface area contributed by atoms with Crippen molar-refractivity contribution in [2.45, 2.75) is 6.92 Å². The molecule has 0 spiro atoms. The van der Waals surface area contributed by atoms with E-state index >= 15 is 0 Å². The molecule has 0 saturated carbocycles. The maximum absolute atomic E-state index is 13.4. The summed E-state index contributed by atoms with van der Waals surface area (Å²) in [7, 11) is 2.15. The normalized spacial score (nSPS) is 17.0. The predicted molar refractivity (Wildman–Crippen MR) is 121 cm³/mol. The Bertz CT molecular complexity index is 1160. The summed E-state index contributed by atoms with van der Waals surface area (Å²) in [4.78, 5) is 23.5. The number of hydrogen-bond donors (Lipinski definition) is 1. The number of anilines is 1. The van der Waals surface area contributed by atoms with Gasteiger partial charge in [0.1, 0.15) is 5.75 Å². The van der Waals surface area contributed by atoms with E-state index in [9.17, 15) is 9.90 Å². The number of phenolic OH excluding ortho intramolecular Hbond substituents is 1. The van der Waals surface area contributed by atoms with Crippen LogP contribution in [0.2, 0.25) is 0 Å². The fraction of sp³-hybridized carbons (Fsp3) is 0.250. The van der Waals surface area contributed by atoms with Crippen LogP contribution in [0.4, 0.5) is 5.69 Å². The van der Waals surface area contributed by atoms with Gasteiger partial charge in [-0.2, -0.15) is 0 Å². The number of aromatic nitrogens is 1. The number of rotatable bonds is 3. The number of thiazole rings is 1. The van der Waals surface area contributed by atoms with E-state index in [0.717, 1.165) is 53.5 Å². The highest BCUT2D eigenvalue weighted by Gasteiger charge is 2.33. The first kappa shape index (κ1) is 19.0. The maximum atomic E-state index is 13.4. The van der Waals surface area contributed by atoms with Crippen molar-refractivity contribution >= 4 is 34.0 Å². The van der Waals surface area contributed by atoms with Gasteiger partial charge in [-0.05, 0) is 55.4 Å². The minimum atomic E-state index is -0.0453. The van der Waals surface area contributed by atoms with E-state index in [0.29, 0.717) is 11.1 Å². The van der Waals surface area contributed by atoms with Gasteiger partial charge >= 0.3 is 0 Å². The largest absolute Gasteiger partial charge is 0.508 e. The van der Waals surface area contributed by atoms with Crippen LogP contribution in [0.3, 0.4) is 0 Å².